The summed E-state index contributed by atoms with van der Waals surface area (Å²) in [4.78, 5) is 0. The molecule has 94 valence electrons. The standard InChI is InChI=1S/C10H8Br2ClN5/c1-4-2-5(11)8(13)7(12)9(4)18-17-6(3-14)10(15)16/h2,18H,1H3,(H3,15,16)/b17-6+. The smallest absolute Gasteiger partial charge is 0.201 e. The number of hydrazone groups is 1. The molecule has 18 heavy (non-hydrogen) atoms. The van der Waals surface area contributed by atoms with Crippen molar-refractivity contribution < 1.29 is 0 Å². The summed E-state index contributed by atoms with van der Waals surface area (Å²) < 4.78 is 1.36. The number of nitrogens with zero attached hydrogens (tertiary/aromatic N) is 2. The number of aryl methyl sites for hydroxylation is 1. The van der Waals surface area contributed by atoms with Crippen molar-refractivity contribution in [3.63, 3.8) is 0 Å². The Hall–Kier alpha value is -1.10. The molecule has 4 N–H and O–H groups in total. The van der Waals surface area contributed by atoms with E-state index in [0.717, 1.165) is 10.0 Å². The van der Waals surface area contributed by atoms with E-state index in [2.05, 4.69) is 42.4 Å². The number of nitriles is 1. The molecule has 0 aliphatic carbocycles. The average Bonchev–Trinajstić information content (AvgIpc) is 2.30. The first-order chi connectivity index (χ1) is 8.38. The molecular formula is C10H8Br2ClN5. The third-order valence-electron chi connectivity index (χ3n) is 2.00. The van der Waals surface area contributed by atoms with Gasteiger partial charge in [0, 0.05) is 4.47 Å². The van der Waals surface area contributed by atoms with Crippen molar-refractivity contribution in [3.05, 3.63) is 25.6 Å². The minimum absolute atomic E-state index is 0.194. The highest BCUT2D eigenvalue weighted by atomic mass is 79.9. The van der Waals surface area contributed by atoms with Gasteiger partial charge in [0.15, 0.2) is 5.84 Å². The number of halogens is 3. The summed E-state index contributed by atoms with van der Waals surface area (Å²) in [7, 11) is 0. The van der Waals surface area contributed by atoms with Crippen LogP contribution in [0.3, 0.4) is 0 Å². The second-order valence-corrected chi connectivity index (χ2v) is 5.30. The van der Waals surface area contributed by atoms with Gasteiger partial charge in [0.05, 0.1) is 15.2 Å². The Kier molecular flexibility index (Phi) is 5.14. The molecule has 0 saturated heterocycles. The second kappa shape index (κ2) is 6.18. The Morgan fingerprint density at radius 2 is 2.22 bits per heavy atom. The van der Waals surface area contributed by atoms with Crippen molar-refractivity contribution in [1.29, 1.82) is 10.7 Å². The van der Waals surface area contributed by atoms with Gasteiger partial charge in [-0.15, -0.1) is 0 Å². The predicted molar refractivity (Wildman–Crippen MR) is 80.2 cm³/mol. The van der Waals surface area contributed by atoms with Gasteiger partial charge < -0.3 is 5.73 Å². The fourth-order valence-corrected chi connectivity index (χ4v) is 2.68. The minimum Gasteiger partial charge on any atom is -0.382 e. The van der Waals surface area contributed by atoms with Crippen molar-refractivity contribution in [1.82, 2.24) is 0 Å². The van der Waals surface area contributed by atoms with E-state index >= 15 is 0 Å². The first-order valence-electron chi connectivity index (χ1n) is 4.60. The molecule has 8 heteroatoms. The molecule has 0 fully saturated rings. The van der Waals surface area contributed by atoms with Gasteiger partial charge in [0.2, 0.25) is 5.71 Å². The summed E-state index contributed by atoms with van der Waals surface area (Å²) in [6, 6.07) is 3.53. The number of amidine groups is 1. The maximum absolute atomic E-state index is 8.72. The average molecular weight is 393 g/mol. The van der Waals surface area contributed by atoms with Crippen LogP contribution < -0.4 is 11.2 Å². The zero-order chi connectivity index (χ0) is 13.9. The van der Waals surface area contributed by atoms with E-state index < -0.39 is 5.84 Å². The van der Waals surface area contributed by atoms with Crippen LogP contribution in [0.15, 0.2) is 20.1 Å². The molecule has 0 atom stereocenters. The predicted octanol–water partition coefficient (Wildman–Crippen LogP) is 3.40. The van der Waals surface area contributed by atoms with Gasteiger partial charge in [-0.2, -0.15) is 10.4 Å². The lowest BCUT2D eigenvalue weighted by molar-refractivity contribution is 1.28. The Balaban J connectivity index is 3.18. The van der Waals surface area contributed by atoms with Crippen molar-refractivity contribution in [3.8, 4) is 6.07 Å². The molecule has 0 bridgehead atoms. The zero-order valence-corrected chi connectivity index (χ0v) is 13.1. The summed E-state index contributed by atoms with van der Waals surface area (Å²) in [5.74, 6) is -0.401. The third kappa shape index (κ3) is 3.22. The lowest BCUT2D eigenvalue weighted by atomic mass is 10.2. The van der Waals surface area contributed by atoms with Gasteiger partial charge >= 0.3 is 0 Å². The van der Waals surface area contributed by atoms with E-state index in [-0.39, 0.29) is 5.71 Å². The zero-order valence-electron chi connectivity index (χ0n) is 9.18. The molecule has 0 radical (unpaired) electrons. The molecule has 1 rings (SSSR count). The molecule has 0 spiro atoms. The summed E-state index contributed by atoms with van der Waals surface area (Å²) >= 11 is 12.7. The van der Waals surface area contributed by atoms with Crippen LogP contribution in [0.5, 0.6) is 0 Å². The normalized spacial score (nSPS) is 10.9. The fourth-order valence-electron chi connectivity index (χ4n) is 1.11. The fraction of sp³-hybridized carbons (Fsp3) is 0.100. The molecule has 5 nitrogen and oxygen atoms in total. The van der Waals surface area contributed by atoms with Crippen LogP contribution in [-0.2, 0) is 0 Å². The highest BCUT2D eigenvalue weighted by Gasteiger charge is 2.12. The number of anilines is 1. The molecule has 1 aromatic carbocycles. The number of nitrogens with one attached hydrogen (secondary N) is 2. The van der Waals surface area contributed by atoms with Crippen molar-refractivity contribution >= 4 is 60.7 Å². The van der Waals surface area contributed by atoms with E-state index in [1.165, 1.54) is 0 Å². The van der Waals surface area contributed by atoms with Crippen LogP contribution >= 0.6 is 43.5 Å². The van der Waals surface area contributed by atoms with E-state index in [0.29, 0.717) is 15.2 Å². The molecule has 1 aromatic rings. The van der Waals surface area contributed by atoms with E-state index in [9.17, 15) is 0 Å². The van der Waals surface area contributed by atoms with E-state index in [1.54, 1.807) is 6.07 Å². The first kappa shape index (κ1) is 15.0. The number of benzene rings is 1. The van der Waals surface area contributed by atoms with Gasteiger partial charge in [-0.05, 0) is 50.4 Å². The minimum atomic E-state index is -0.401. The van der Waals surface area contributed by atoms with Crippen LogP contribution in [-0.4, -0.2) is 11.5 Å². The summed E-state index contributed by atoms with van der Waals surface area (Å²) in [6.45, 7) is 1.85. The molecule has 0 aliphatic rings. The highest BCUT2D eigenvalue weighted by Crippen LogP contribution is 2.38. The SMILES string of the molecule is Cc1cc(Br)c(Cl)c(Br)c1N/N=C(\C#N)C(=N)N. The van der Waals surface area contributed by atoms with Crippen LogP contribution in [0, 0.1) is 23.7 Å². The maximum Gasteiger partial charge on any atom is 0.201 e. The van der Waals surface area contributed by atoms with E-state index in [1.807, 2.05) is 13.0 Å². The molecular weight excluding hydrogens is 385 g/mol. The van der Waals surface area contributed by atoms with Gasteiger partial charge in [-0.3, -0.25) is 10.8 Å². The summed E-state index contributed by atoms with van der Waals surface area (Å²) in [5, 5.41) is 20.1. The number of hydrogen-bond acceptors (Lipinski definition) is 4. The molecule has 0 heterocycles. The third-order valence-corrected chi connectivity index (χ3v) is 4.27. The van der Waals surface area contributed by atoms with Crippen molar-refractivity contribution in [2.24, 2.45) is 10.8 Å². The van der Waals surface area contributed by atoms with Crippen LogP contribution in [0.4, 0.5) is 5.69 Å². The Labute approximate surface area is 126 Å². The monoisotopic (exact) mass is 391 g/mol. The number of nitrogens with two attached hydrogens (primary N) is 1. The quantitative estimate of drug-likeness (QED) is 0.318. The lowest BCUT2D eigenvalue weighted by Crippen LogP contribution is -2.22. The van der Waals surface area contributed by atoms with Gasteiger partial charge in [-0.1, -0.05) is 11.6 Å². The van der Waals surface area contributed by atoms with Crippen molar-refractivity contribution in [2.45, 2.75) is 6.92 Å². The van der Waals surface area contributed by atoms with Gasteiger partial charge in [0.1, 0.15) is 6.07 Å². The maximum atomic E-state index is 8.72. The molecule has 0 unspecified atom stereocenters. The van der Waals surface area contributed by atoms with Crippen molar-refractivity contribution in [2.75, 3.05) is 5.43 Å². The van der Waals surface area contributed by atoms with Gasteiger partial charge in [0.25, 0.3) is 0 Å². The highest BCUT2D eigenvalue weighted by molar-refractivity contribution is 9.11. The van der Waals surface area contributed by atoms with E-state index in [4.69, 9.17) is 28.0 Å². The van der Waals surface area contributed by atoms with Gasteiger partial charge in [-0.25, -0.2) is 0 Å². The lowest BCUT2D eigenvalue weighted by Gasteiger charge is -2.11. The largest absolute Gasteiger partial charge is 0.382 e. The van der Waals surface area contributed by atoms with Crippen LogP contribution in [0.2, 0.25) is 5.02 Å². The Bertz CT molecular complexity index is 577. The van der Waals surface area contributed by atoms with Crippen LogP contribution in [0.1, 0.15) is 5.56 Å². The second-order valence-electron chi connectivity index (χ2n) is 3.28. The van der Waals surface area contributed by atoms with Crippen LogP contribution in [0.25, 0.3) is 0 Å². The summed E-state index contributed by atoms with van der Waals surface area (Å²) in [6.07, 6.45) is 0. The molecule has 0 aromatic heterocycles. The number of hydrogen-bond donors (Lipinski definition) is 3. The Morgan fingerprint density at radius 1 is 1.61 bits per heavy atom. The molecule has 0 saturated carbocycles. The first-order valence-corrected chi connectivity index (χ1v) is 6.57. The molecule has 0 aliphatic heterocycles. The Morgan fingerprint density at radius 3 is 2.72 bits per heavy atom. The topological polar surface area (TPSA) is 98.0 Å². The summed E-state index contributed by atoms with van der Waals surface area (Å²) in [5.41, 5.74) is 9.14. The molecule has 0 amide bonds. The number of rotatable bonds is 3.